The monoisotopic (exact) mass is 258 g/mol. The Hall–Kier alpha value is -2.01. The van der Waals surface area contributed by atoms with Crippen LogP contribution in [0.5, 0.6) is 0 Å². The van der Waals surface area contributed by atoms with Crippen molar-refractivity contribution in [2.24, 2.45) is 0 Å². The summed E-state index contributed by atoms with van der Waals surface area (Å²) >= 11 is 5.21. The van der Waals surface area contributed by atoms with Crippen LogP contribution in [0.3, 0.4) is 0 Å². The van der Waals surface area contributed by atoms with Crippen molar-refractivity contribution in [3.63, 3.8) is 0 Å². The van der Waals surface area contributed by atoms with Gasteiger partial charge in [-0.3, -0.25) is 0 Å². The molecule has 0 fully saturated rings. The van der Waals surface area contributed by atoms with Gasteiger partial charge in [0, 0.05) is 12.4 Å². The van der Waals surface area contributed by atoms with E-state index in [2.05, 4.69) is 39.7 Å². The Bertz CT molecular complexity index is 501. The number of aromatic nitrogens is 2. The molecule has 0 saturated heterocycles. The molecule has 2 N–H and O–H groups in total. The van der Waals surface area contributed by atoms with Gasteiger partial charge in [-0.2, -0.15) is 0 Å². The molecule has 1 unspecified atom stereocenters. The van der Waals surface area contributed by atoms with Crippen LogP contribution in [0.15, 0.2) is 48.8 Å². The molecule has 5 heteroatoms. The van der Waals surface area contributed by atoms with Gasteiger partial charge in [0.15, 0.2) is 5.11 Å². The van der Waals surface area contributed by atoms with Crippen molar-refractivity contribution < 1.29 is 0 Å². The lowest BCUT2D eigenvalue weighted by atomic mass is 10.1. The van der Waals surface area contributed by atoms with Crippen molar-refractivity contribution in [3.05, 3.63) is 54.4 Å². The summed E-state index contributed by atoms with van der Waals surface area (Å²) in [6.07, 6.45) is 3.33. The van der Waals surface area contributed by atoms with Crippen molar-refractivity contribution in [3.8, 4) is 0 Å². The molecule has 1 heterocycles. The van der Waals surface area contributed by atoms with Crippen LogP contribution < -0.4 is 10.6 Å². The highest BCUT2D eigenvalue weighted by molar-refractivity contribution is 7.80. The second-order valence-electron chi connectivity index (χ2n) is 3.80. The third kappa shape index (κ3) is 3.49. The molecule has 18 heavy (non-hydrogen) atoms. The second kappa shape index (κ2) is 6.07. The summed E-state index contributed by atoms with van der Waals surface area (Å²) in [6.45, 7) is 2.05. The summed E-state index contributed by atoms with van der Waals surface area (Å²) < 4.78 is 0. The van der Waals surface area contributed by atoms with Crippen molar-refractivity contribution >= 4 is 23.3 Å². The van der Waals surface area contributed by atoms with E-state index >= 15 is 0 Å². The molecular formula is C13H14N4S. The molecule has 0 aliphatic heterocycles. The first-order valence-electron chi connectivity index (χ1n) is 5.65. The fourth-order valence-electron chi connectivity index (χ4n) is 1.52. The first-order valence-corrected chi connectivity index (χ1v) is 6.06. The Balaban J connectivity index is 1.92. The lowest BCUT2D eigenvalue weighted by Crippen LogP contribution is -2.31. The first-order chi connectivity index (χ1) is 8.75. The van der Waals surface area contributed by atoms with Crippen LogP contribution in [-0.4, -0.2) is 15.1 Å². The van der Waals surface area contributed by atoms with Crippen molar-refractivity contribution in [2.75, 3.05) is 5.32 Å². The summed E-state index contributed by atoms with van der Waals surface area (Å²) in [6, 6.07) is 12.0. The van der Waals surface area contributed by atoms with Crippen LogP contribution in [0, 0.1) is 0 Å². The topological polar surface area (TPSA) is 49.8 Å². The number of nitrogens with zero attached hydrogens (tertiary/aromatic N) is 2. The third-order valence-electron chi connectivity index (χ3n) is 2.44. The van der Waals surface area contributed by atoms with Gasteiger partial charge in [-0.1, -0.05) is 30.3 Å². The molecule has 1 atom stereocenters. The van der Waals surface area contributed by atoms with Gasteiger partial charge < -0.3 is 10.6 Å². The van der Waals surface area contributed by atoms with E-state index < -0.39 is 0 Å². The third-order valence-corrected chi connectivity index (χ3v) is 2.66. The number of anilines is 1. The molecule has 0 amide bonds. The van der Waals surface area contributed by atoms with E-state index in [0.717, 1.165) is 0 Å². The summed E-state index contributed by atoms with van der Waals surface area (Å²) in [5, 5.41) is 6.64. The number of benzene rings is 1. The lowest BCUT2D eigenvalue weighted by molar-refractivity contribution is 0.722. The molecule has 92 valence electrons. The standard InChI is InChI=1S/C13H14N4S/c1-10(11-6-3-2-4-7-11)16-13(18)17-12-14-8-5-9-15-12/h2-10H,1H3,(H2,14,15,16,17,18). The summed E-state index contributed by atoms with van der Waals surface area (Å²) in [7, 11) is 0. The zero-order valence-corrected chi connectivity index (χ0v) is 10.8. The summed E-state index contributed by atoms with van der Waals surface area (Å²) in [5.74, 6) is 0.496. The van der Waals surface area contributed by atoms with Crippen molar-refractivity contribution in [2.45, 2.75) is 13.0 Å². The van der Waals surface area contributed by atoms with E-state index in [0.29, 0.717) is 11.1 Å². The maximum absolute atomic E-state index is 5.21. The normalized spacial score (nSPS) is 11.6. The Morgan fingerprint density at radius 3 is 2.44 bits per heavy atom. The van der Waals surface area contributed by atoms with Gasteiger partial charge in [0.25, 0.3) is 0 Å². The van der Waals surface area contributed by atoms with E-state index in [9.17, 15) is 0 Å². The van der Waals surface area contributed by atoms with E-state index in [-0.39, 0.29) is 6.04 Å². The lowest BCUT2D eigenvalue weighted by Gasteiger charge is -2.16. The van der Waals surface area contributed by atoms with Crippen LogP contribution in [0.1, 0.15) is 18.5 Å². The average molecular weight is 258 g/mol. The molecular weight excluding hydrogens is 244 g/mol. The largest absolute Gasteiger partial charge is 0.356 e. The van der Waals surface area contributed by atoms with Crippen LogP contribution >= 0.6 is 12.2 Å². The Kier molecular flexibility index (Phi) is 4.20. The molecule has 0 bridgehead atoms. The minimum Gasteiger partial charge on any atom is -0.356 e. The Morgan fingerprint density at radius 2 is 1.78 bits per heavy atom. The second-order valence-corrected chi connectivity index (χ2v) is 4.21. The number of thiocarbonyl (C=S) groups is 1. The highest BCUT2D eigenvalue weighted by Gasteiger charge is 2.06. The van der Waals surface area contributed by atoms with Gasteiger partial charge in [-0.15, -0.1) is 0 Å². The van der Waals surface area contributed by atoms with Crippen molar-refractivity contribution in [1.29, 1.82) is 0 Å². The molecule has 0 saturated carbocycles. The van der Waals surface area contributed by atoms with Gasteiger partial charge in [-0.25, -0.2) is 9.97 Å². The van der Waals surface area contributed by atoms with Crippen LogP contribution in [0.2, 0.25) is 0 Å². The highest BCUT2D eigenvalue weighted by Crippen LogP contribution is 2.11. The van der Waals surface area contributed by atoms with E-state index in [1.807, 2.05) is 18.2 Å². The quantitative estimate of drug-likeness (QED) is 0.829. The minimum absolute atomic E-state index is 0.134. The molecule has 0 radical (unpaired) electrons. The molecule has 2 rings (SSSR count). The fourth-order valence-corrected chi connectivity index (χ4v) is 1.79. The zero-order chi connectivity index (χ0) is 12.8. The van der Waals surface area contributed by atoms with Crippen molar-refractivity contribution in [1.82, 2.24) is 15.3 Å². The number of hydrogen-bond acceptors (Lipinski definition) is 3. The maximum atomic E-state index is 5.21. The highest BCUT2D eigenvalue weighted by atomic mass is 32.1. The summed E-state index contributed by atoms with van der Waals surface area (Å²) in [4.78, 5) is 8.10. The van der Waals surface area contributed by atoms with E-state index in [1.165, 1.54) is 5.56 Å². The number of hydrogen-bond donors (Lipinski definition) is 2. The minimum atomic E-state index is 0.134. The Morgan fingerprint density at radius 1 is 1.11 bits per heavy atom. The van der Waals surface area contributed by atoms with Crippen LogP contribution in [0.25, 0.3) is 0 Å². The first kappa shape index (κ1) is 12.4. The molecule has 4 nitrogen and oxygen atoms in total. The molecule has 2 aromatic rings. The average Bonchev–Trinajstić information content (AvgIpc) is 2.40. The predicted molar refractivity (Wildman–Crippen MR) is 76.2 cm³/mol. The molecule has 0 aliphatic rings. The summed E-state index contributed by atoms with van der Waals surface area (Å²) in [5.41, 5.74) is 1.18. The van der Waals surface area contributed by atoms with Gasteiger partial charge in [0.2, 0.25) is 5.95 Å². The van der Waals surface area contributed by atoms with Gasteiger partial charge in [0.05, 0.1) is 6.04 Å². The van der Waals surface area contributed by atoms with Gasteiger partial charge in [0.1, 0.15) is 0 Å². The molecule has 0 spiro atoms. The molecule has 0 aliphatic carbocycles. The van der Waals surface area contributed by atoms with Crippen LogP contribution in [-0.2, 0) is 0 Å². The van der Waals surface area contributed by atoms with Gasteiger partial charge in [-0.05, 0) is 30.8 Å². The SMILES string of the molecule is CC(NC(=S)Nc1ncccn1)c1ccccc1. The zero-order valence-electron chi connectivity index (χ0n) is 10.00. The molecule has 1 aromatic heterocycles. The fraction of sp³-hybridized carbons (Fsp3) is 0.154. The smallest absolute Gasteiger partial charge is 0.228 e. The maximum Gasteiger partial charge on any atom is 0.228 e. The predicted octanol–water partition coefficient (Wildman–Crippen LogP) is 2.52. The molecule has 1 aromatic carbocycles. The Labute approximate surface area is 111 Å². The van der Waals surface area contributed by atoms with Gasteiger partial charge >= 0.3 is 0 Å². The number of rotatable bonds is 3. The van der Waals surface area contributed by atoms with E-state index in [1.54, 1.807) is 18.5 Å². The number of nitrogens with one attached hydrogen (secondary N) is 2. The van der Waals surface area contributed by atoms with Crippen LogP contribution in [0.4, 0.5) is 5.95 Å². The van der Waals surface area contributed by atoms with E-state index in [4.69, 9.17) is 12.2 Å².